The predicted octanol–water partition coefficient (Wildman–Crippen LogP) is 4.66. The third-order valence-corrected chi connectivity index (χ3v) is 5.26. The van der Waals surface area contributed by atoms with Crippen LogP contribution in [0.3, 0.4) is 0 Å². The number of ether oxygens (including phenoxy) is 2. The summed E-state index contributed by atoms with van der Waals surface area (Å²) in [5, 5.41) is 0. The fourth-order valence-electron chi connectivity index (χ4n) is 3.54. The van der Waals surface area contributed by atoms with E-state index in [1.807, 2.05) is 44.2 Å². The number of esters is 1. The Kier molecular flexibility index (Phi) is 7.13. The zero-order valence-corrected chi connectivity index (χ0v) is 18.4. The predicted molar refractivity (Wildman–Crippen MR) is 119 cm³/mol. The van der Waals surface area contributed by atoms with Crippen molar-refractivity contribution in [3.8, 4) is 5.75 Å². The molecule has 2 aromatic carbocycles. The summed E-state index contributed by atoms with van der Waals surface area (Å²) in [6.45, 7) is 6.69. The van der Waals surface area contributed by atoms with Crippen molar-refractivity contribution in [3.05, 3.63) is 88.2 Å². The van der Waals surface area contributed by atoms with Crippen molar-refractivity contribution in [1.29, 1.82) is 0 Å². The van der Waals surface area contributed by atoms with Gasteiger partial charge in [0.15, 0.2) is 0 Å². The van der Waals surface area contributed by atoms with Gasteiger partial charge in [-0.2, -0.15) is 0 Å². The molecule has 0 saturated carbocycles. The summed E-state index contributed by atoms with van der Waals surface area (Å²) >= 11 is 0. The Morgan fingerprint density at radius 1 is 0.968 bits per heavy atom. The highest BCUT2D eigenvalue weighted by molar-refractivity contribution is 5.94. The number of methoxy groups -OCH3 is 1. The van der Waals surface area contributed by atoms with Crippen LogP contribution in [0.2, 0.25) is 0 Å². The van der Waals surface area contributed by atoms with Gasteiger partial charge in [-0.15, -0.1) is 0 Å². The second kappa shape index (κ2) is 9.98. The maximum atomic E-state index is 13.4. The molecule has 0 unspecified atom stereocenters. The van der Waals surface area contributed by atoms with E-state index in [-0.39, 0.29) is 11.9 Å². The summed E-state index contributed by atoms with van der Waals surface area (Å²) in [6.07, 6.45) is 0. The zero-order chi connectivity index (χ0) is 22.4. The number of rotatable bonds is 8. The van der Waals surface area contributed by atoms with Gasteiger partial charge < -0.3 is 19.4 Å². The first kappa shape index (κ1) is 22.2. The molecule has 1 heterocycles. The number of carbonyl (C=O) groups is 2. The monoisotopic (exact) mass is 420 g/mol. The van der Waals surface area contributed by atoms with E-state index in [0.29, 0.717) is 36.7 Å². The van der Waals surface area contributed by atoms with E-state index in [1.54, 1.807) is 43.2 Å². The third-order valence-electron chi connectivity index (χ3n) is 5.26. The standard InChI is InChI=1S/C25H28N2O4/c1-5-31-25(29)23-17(2)22(18(3)26-23)16-27(15-19-9-7-6-8-10-19)24(28)20-11-13-21(30-4)14-12-20/h6-14,26H,5,15-16H2,1-4H3. The van der Waals surface area contributed by atoms with Crippen molar-refractivity contribution in [2.24, 2.45) is 0 Å². The maximum Gasteiger partial charge on any atom is 0.355 e. The molecule has 0 atom stereocenters. The van der Waals surface area contributed by atoms with Crippen LogP contribution >= 0.6 is 0 Å². The lowest BCUT2D eigenvalue weighted by Crippen LogP contribution is -2.30. The van der Waals surface area contributed by atoms with E-state index >= 15 is 0 Å². The van der Waals surface area contributed by atoms with Crippen LogP contribution in [0.15, 0.2) is 54.6 Å². The SMILES string of the molecule is CCOC(=O)c1[nH]c(C)c(CN(Cc2ccccc2)C(=O)c2ccc(OC)cc2)c1C. The minimum atomic E-state index is -0.384. The Bertz CT molecular complexity index is 1040. The summed E-state index contributed by atoms with van der Waals surface area (Å²) in [4.78, 5) is 30.6. The van der Waals surface area contributed by atoms with Crippen molar-refractivity contribution in [1.82, 2.24) is 9.88 Å². The number of nitrogens with zero attached hydrogens (tertiary/aromatic N) is 1. The lowest BCUT2D eigenvalue weighted by Gasteiger charge is -2.24. The van der Waals surface area contributed by atoms with Gasteiger partial charge in [0.1, 0.15) is 11.4 Å². The summed E-state index contributed by atoms with van der Waals surface area (Å²) < 4.78 is 10.4. The molecule has 162 valence electrons. The highest BCUT2D eigenvalue weighted by Crippen LogP contribution is 2.23. The van der Waals surface area contributed by atoms with E-state index in [4.69, 9.17) is 9.47 Å². The van der Waals surface area contributed by atoms with Crippen molar-refractivity contribution in [2.75, 3.05) is 13.7 Å². The summed E-state index contributed by atoms with van der Waals surface area (Å²) in [7, 11) is 1.59. The quantitative estimate of drug-likeness (QED) is 0.538. The number of aryl methyl sites for hydroxylation is 1. The number of benzene rings is 2. The third kappa shape index (κ3) is 5.15. The topological polar surface area (TPSA) is 71.6 Å². The van der Waals surface area contributed by atoms with Crippen molar-refractivity contribution in [2.45, 2.75) is 33.9 Å². The minimum Gasteiger partial charge on any atom is -0.497 e. The Hall–Kier alpha value is -3.54. The fraction of sp³-hybridized carbons (Fsp3) is 0.280. The van der Waals surface area contributed by atoms with E-state index in [1.165, 1.54) is 0 Å². The van der Waals surface area contributed by atoms with Gasteiger partial charge in [0.25, 0.3) is 5.91 Å². The molecule has 0 saturated heterocycles. The number of amides is 1. The molecule has 1 amide bonds. The van der Waals surface area contributed by atoms with Crippen LogP contribution in [0.4, 0.5) is 0 Å². The Balaban J connectivity index is 1.93. The molecule has 6 heteroatoms. The van der Waals surface area contributed by atoms with Crippen LogP contribution in [-0.4, -0.2) is 35.5 Å². The van der Waals surface area contributed by atoms with Gasteiger partial charge in [-0.25, -0.2) is 4.79 Å². The molecule has 0 radical (unpaired) electrons. The first-order valence-electron chi connectivity index (χ1n) is 10.3. The molecule has 1 aromatic heterocycles. The molecule has 6 nitrogen and oxygen atoms in total. The molecule has 0 aliphatic carbocycles. The molecule has 0 aliphatic rings. The van der Waals surface area contributed by atoms with Crippen LogP contribution in [0, 0.1) is 13.8 Å². The lowest BCUT2D eigenvalue weighted by atomic mass is 10.1. The highest BCUT2D eigenvalue weighted by Gasteiger charge is 2.23. The molecule has 31 heavy (non-hydrogen) atoms. The first-order chi connectivity index (χ1) is 14.9. The second-order valence-corrected chi connectivity index (χ2v) is 7.32. The van der Waals surface area contributed by atoms with Gasteiger partial charge in [0.2, 0.25) is 0 Å². The van der Waals surface area contributed by atoms with Crippen LogP contribution < -0.4 is 4.74 Å². The van der Waals surface area contributed by atoms with E-state index in [2.05, 4.69) is 4.98 Å². The molecule has 3 rings (SSSR count). The smallest absolute Gasteiger partial charge is 0.355 e. The van der Waals surface area contributed by atoms with E-state index in [9.17, 15) is 9.59 Å². The molecule has 3 aromatic rings. The van der Waals surface area contributed by atoms with Crippen LogP contribution in [0.5, 0.6) is 5.75 Å². The van der Waals surface area contributed by atoms with Gasteiger partial charge in [0, 0.05) is 24.3 Å². The number of aromatic amines is 1. The van der Waals surface area contributed by atoms with Crippen LogP contribution in [0.1, 0.15) is 50.2 Å². The van der Waals surface area contributed by atoms with Crippen LogP contribution in [-0.2, 0) is 17.8 Å². The van der Waals surface area contributed by atoms with Gasteiger partial charge in [-0.3, -0.25) is 4.79 Å². The van der Waals surface area contributed by atoms with E-state index in [0.717, 1.165) is 22.4 Å². The van der Waals surface area contributed by atoms with Gasteiger partial charge in [-0.05, 0) is 61.7 Å². The van der Waals surface area contributed by atoms with Crippen molar-refractivity contribution >= 4 is 11.9 Å². The van der Waals surface area contributed by atoms with Crippen LogP contribution in [0.25, 0.3) is 0 Å². The molecule has 0 fully saturated rings. The summed E-state index contributed by atoms with van der Waals surface area (Å²) in [5.74, 6) is 0.220. The normalized spacial score (nSPS) is 10.6. The zero-order valence-electron chi connectivity index (χ0n) is 18.4. The van der Waals surface area contributed by atoms with E-state index < -0.39 is 0 Å². The van der Waals surface area contributed by atoms with Gasteiger partial charge >= 0.3 is 5.97 Å². The average Bonchev–Trinajstić information content (AvgIpc) is 3.07. The molecule has 1 N–H and O–H groups in total. The Morgan fingerprint density at radius 3 is 2.26 bits per heavy atom. The maximum absolute atomic E-state index is 13.4. The number of carbonyl (C=O) groups excluding carboxylic acids is 2. The van der Waals surface area contributed by atoms with Crippen molar-refractivity contribution in [3.63, 3.8) is 0 Å². The number of aromatic nitrogens is 1. The number of hydrogen-bond donors (Lipinski definition) is 1. The Morgan fingerprint density at radius 2 is 1.65 bits per heavy atom. The first-order valence-corrected chi connectivity index (χ1v) is 10.3. The largest absolute Gasteiger partial charge is 0.497 e. The second-order valence-electron chi connectivity index (χ2n) is 7.32. The highest BCUT2D eigenvalue weighted by atomic mass is 16.5. The molecular formula is C25H28N2O4. The summed E-state index contributed by atoms with van der Waals surface area (Å²) in [6, 6.07) is 16.9. The average molecular weight is 421 g/mol. The minimum absolute atomic E-state index is 0.0933. The van der Waals surface area contributed by atoms with Crippen molar-refractivity contribution < 1.29 is 19.1 Å². The lowest BCUT2D eigenvalue weighted by molar-refractivity contribution is 0.0519. The molecule has 0 spiro atoms. The number of nitrogens with one attached hydrogen (secondary N) is 1. The fourth-order valence-corrected chi connectivity index (χ4v) is 3.54. The molecular weight excluding hydrogens is 392 g/mol. The number of H-pyrrole nitrogens is 1. The summed E-state index contributed by atoms with van der Waals surface area (Å²) in [5.41, 5.74) is 4.61. The molecule has 0 bridgehead atoms. The Labute approximate surface area is 182 Å². The molecule has 0 aliphatic heterocycles. The number of hydrogen-bond acceptors (Lipinski definition) is 4. The van der Waals surface area contributed by atoms with Gasteiger partial charge in [-0.1, -0.05) is 30.3 Å². The van der Waals surface area contributed by atoms with Gasteiger partial charge in [0.05, 0.1) is 13.7 Å².